The number of phenols is 1. The lowest BCUT2D eigenvalue weighted by Gasteiger charge is -2.32. The van der Waals surface area contributed by atoms with Gasteiger partial charge in [-0.15, -0.1) is 0 Å². The smallest absolute Gasteiger partial charge is 0.234 e. The van der Waals surface area contributed by atoms with Crippen LogP contribution in [-0.4, -0.2) is 47.9 Å². The maximum Gasteiger partial charge on any atom is 0.234 e. The minimum atomic E-state index is -0.238. The molecular formula is C26H31FN2O3. The van der Waals surface area contributed by atoms with E-state index in [0.29, 0.717) is 31.7 Å². The third kappa shape index (κ3) is 5.18. The number of phenolic OH excluding ortho intramolecular Hbond substituents is 1. The Morgan fingerprint density at radius 2 is 1.62 bits per heavy atom. The quantitative estimate of drug-likeness (QED) is 0.640. The molecule has 2 aliphatic rings. The van der Waals surface area contributed by atoms with Gasteiger partial charge in [-0.3, -0.25) is 14.5 Å². The van der Waals surface area contributed by atoms with Crippen molar-refractivity contribution in [3.05, 3.63) is 65.5 Å². The van der Waals surface area contributed by atoms with Gasteiger partial charge >= 0.3 is 0 Å². The molecule has 5 nitrogen and oxygen atoms in total. The van der Waals surface area contributed by atoms with Crippen LogP contribution < -0.4 is 5.32 Å². The van der Waals surface area contributed by atoms with Gasteiger partial charge < -0.3 is 10.4 Å². The molecule has 0 atom stereocenters. The fourth-order valence-corrected chi connectivity index (χ4v) is 5.16. The number of likely N-dealkylation sites (tertiary alicyclic amines) is 1. The zero-order valence-electron chi connectivity index (χ0n) is 18.4. The zero-order valence-corrected chi connectivity index (χ0v) is 18.4. The van der Waals surface area contributed by atoms with Crippen LogP contribution in [0, 0.1) is 11.7 Å². The summed E-state index contributed by atoms with van der Waals surface area (Å²) in [7, 11) is 0. The Labute approximate surface area is 188 Å². The van der Waals surface area contributed by atoms with Gasteiger partial charge in [0, 0.05) is 23.4 Å². The standard InChI is InChI=1S/C26H31FN2O3/c27-22-7-5-21(6-8-22)26(13-1-2-14-26)18-28-24(31)17-29-15-11-20(12-16-29)25(32)19-3-9-23(30)10-4-19/h3-10,20,30H,1-2,11-18H2,(H,28,31). The summed E-state index contributed by atoms with van der Waals surface area (Å²) in [4.78, 5) is 27.4. The minimum absolute atomic E-state index is 0.00157. The van der Waals surface area contributed by atoms with Crippen molar-refractivity contribution in [1.29, 1.82) is 0 Å². The maximum absolute atomic E-state index is 13.4. The molecule has 1 saturated carbocycles. The minimum Gasteiger partial charge on any atom is -0.508 e. The molecule has 4 rings (SSSR count). The molecule has 0 spiro atoms. The number of carbonyl (C=O) groups is 2. The first-order valence-electron chi connectivity index (χ1n) is 11.5. The van der Waals surface area contributed by atoms with Crippen molar-refractivity contribution in [3.63, 3.8) is 0 Å². The van der Waals surface area contributed by atoms with E-state index in [1.165, 1.54) is 24.3 Å². The van der Waals surface area contributed by atoms with Crippen LogP contribution in [0.15, 0.2) is 48.5 Å². The first kappa shape index (κ1) is 22.5. The Morgan fingerprint density at radius 1 is 1.00 bits per heavy atom. The van der Waals surface area contributed by atoms with Crippen molar-refractivity contribution in [2.75, 3.05) is 26.2 Å². The molecule has 1 aliphatic carbocycles. The maximum atomic E-state index is 13.4. The Bertz CT molecular complexity index is 929. The molecular weight excluding hydrogens is 407 g/mol. The van der Waals surface area contributed by atoms with Gasteiger partial charge in [-0.1, -0.05) is 25.0 Å². The summed E-state index contributed by atoms with van der Waals surface area (Å²) in [6.45, 7) is 2.34. The molecule has 2 fully saturated rings. The summed E-state index contributed by atoms with van der Waals surface area (Å²) in [6, 6.07) is 13.1. The van der Waals surface area contributed by atoms with Crippen molar-refractivity contribution in [2.24, 2.45) is 5.92 Å². The summed E-state index contributed by atoms with van der Waals surface area (Å²) in [6.07, 6.45) is 5.71. The van der Waals surface area contributed by atoms with Gasteiger partial charge in [-0.2, -0.15) is 0 Å². The average molecular weight is 439 g/mol. The molecule has 1 heterocycles. The summed E-state index contributed by atoms with van der Waals surface area (Å²) in [5.41, 5.74) is 1.62. The predicted molar refractivity (Wildman–Crippen MR) is 121 cm³/mol. The van der Waals surface area contributed by atoms with Gasteiger partial charge in [0.15, 0.2) is 5.78 Å². The third-order valence-corrected chi connectivity index (χ3v) is 7.12. The normalized spacial score (nSPS) is 19.0. The number of carbonyl (C=O) groups excluding carboxylic acids is 2. The molecule has 6 heteroatoms. The van der Waals surface area contributed by atoms with Gasteiger partial charge in [0.2, 0.25) is 5.91 Å². The van der Waals surface area contributed by atoms with Gasteiger partial charge in [0.25, 0.3) is 0 Å². The van der Waals surface area contributed by atoms with Crippen LogP contribution in [0.4, 0.5) is 4.39 Å². The van der Waals surface area contributed by atoms with Crippen molar-refractivity contribution in [2.45, 2.75) is 43.9 Å². The molecule has 170 valence electrons. The molecule has 1 saturated heterocycles. The molecule has 2 aromatic rings. The molecule has 2 aromatic carbocycles. The third-order valence-electron chi connectivity index (χ3n) is 7.12. The number of nitrogens with one attached hydrogen (secondary N) is 1. The second kappa shape index (κ2) is 9.82. The van der Waals surface area contributed by atoms with E-state index < -0.39 is 0 Å². The van der Waals surface area contributed by atoms with Gasteiger partial charge in [0.1, 0.15) is 11.6 Å². The number of benzene rings is 2. The van der Waals surface area contributed by atoms with E-state index in [9.17, 15) is 19.1 Å². The second-order valence-electron chi connectivity index (χ2n) is 9.23. The number of halogens is 1. The lowest BCUT2D eigenvalue weighted by molar-refractivity contribution is -0.122. The van der Waals surface area contributed by atoms with E-state index in [2.05, 4.69) is 10.2 Å². The number of ketones is 1. The van der Waals surface area contributed by atoms with Crippen LogP contribution in [0.25, 0.3) is 0 Å². The lowest BCUT2D eigenvalue weighted by atomic mass is 9.79. The van der Waals surface area contributed by atoms with Gasteiger partial charge in [-0.05, 0) is 80.7 Å². The Morgan fingerprint density at radius 3 is 2.25 bits per heavy atom. The van der Waals surface area contributed by atoms with Crippen LogP contribution in [0.3, 0.4) is 0 Å². The van der Waals surface area contributed by atoms with Gasteiger partial charge in [-0.25, -0.2) is 4.39 Å². The Balaban J connectivity index is 1.26. The molecule has 32 heavy (non-hydrogen) atoms. The fraction of sp³-hybridized carbons (Fsp3) is 0.462. The van der Waals surface area contributed by atoms with E-state index in [1.54, 1.807) is 12.1 Å². The van der Waals surface area contributed by atoms with E-state index >= 15 is 0 Å². The first-order valence-corrected chi connectivity index (χ1v) is 11.5. The monoisotopic (exact) mass is 438 g/mol. The second-order valence-corrected chi connectivity index (χ2v) is 9.23. The molecule has 0 bridgehead atoms. The van der Waals surface area contributed by atoms with Crippen LogP contribution >= 0.6 is 0 Å². The molecule has 2 N–H and O–H groups in total. The number of hydrogen-bond acceptors (Lipinski definition) is 4. The topological polar surface area (TPSA) is 69.6 Å². The van der Waals surface area contributed by atoms with Crippen molar-refractivity contribution >= 4 is 11.7 Å². The molecule has 0 aromatic heterocycles. The summed E-state index contributed by atoms with van der Waals surface area (Å²) in [5, 5.41) is 12.5. The van der Waals surface area contributed by atoms with Crippen LogP contribution in [-0.2, 0) is 10.2 Å². The first-order chi connectivity index (χ1) is 15.4. The highest BCUT2D eigenvalue weighted by Crippen LogP contribution is 2.40. The number of rotatable bonds is 7. The van der Waals surface area contributed by atoms with E-state index in [-0.39, 0.29) is 34.6 Å². The lowest BCUT2D eigenvalue weighted by Crippen LogP contribution is -2.46. The van der Waals surface area contributed by atoms with Crippen LogP contribution in [0.5, 0.6) is 5.75 Å². The molecule has 1 aliphatic heterocycles. The number of amides is 1. The summed E-state index contributed by atoms with van der Waals surface area (Å²) in [5.74, 6) is -0.0169. The summed E-state index contributed by atoms with van der Waals surface area (Å²) >= 11 is 0. The fourth-order valence-electron chi connectivity index (χ4n) is 5.16. The highest BCUT2D eigenvalue weighted by molar-refractivity contribution is 5.98. The van der Waals surface area contributed by atoms with Crippen LogP contribution in [0.2, 0.25) is 0 Å². The van der Waals surface area contributed by atoms with E-state index in [1.807, 2.05) is 12.1 Å². The predicted octanol–water partition coefficient (Wildman–Crippen LogP) is 4.05. The largest absolute Gasteiger partial charge is 0.508 e. The highest BCUT2D eigenvalue weighted by Gasteiger charge is 2.36. The molecule has 0 radical (unpaired) electrons. The average Bonchev–Trinajstić information content (AvgIpc) is 3.29. The van der Waals surface area contributed by atoms with E-state index in [0.717, 1.165) is 44.1 Å². The van der Waals surface area contributed by atoms with Crippen molar-refractivity contribution in [3.8, 4) is 5.75 Å². The highest BCUT2D eigenvalue weighted by atomic mass is 19.1. The molecule has 1 amide bonds. The van der Waals surface area contributed by atoms with Crippen LogP contribution in [0.1, 0.15) is 54.4 Å². The number of piperidine rings is 1. The molecule has 0 unspecified atom stereocenters. The Kier molecular flexibility index (Phi) is 6.89. The number of Topliss-reactive ketones (excluding diaryl/α,β-unsaturated/α-hetero) is 1. The van der Waals surface area contributed by atoms with Gasteiger partial charge in [0.05, 0.1) is 6.54 Å². The zero-order chi connectivity index (χ0) is 22.6. The number of nitrogens with zero attached hydrogens (tertiary/aromatic N) is 1. The van der Waals surface area contributed by atoms with Crippen molar-refractivity contribution < 1.29 is 19.1 Å². The summed E-state index contributed by atoms with van der Waals surface area (Å²) < 4.78 is 13.4. The Hall–Kier alpha value is -2.73. The number of hydrogen-bond donors (Lipinski definition) is 2. The van der Waals surface area contributed by atoms with E-state index in [4.69, 9.17) is 0 Å². The van der Waals surface area contributed by atoms with Crippen molar-refractivity contribution in [1.82, 2.24) is 10.2 Å². The SMILES string of the molecule is O=C(CN1CCC(C(=O)c2ccc(O)cc2)CC1)NCC1(c2ccc(F)cc2)CCCC1. The number of aromatic hydroxyl groups is 1.